The summed E-state index contributed by atoms with van der Waals surface area (Å²) < 4.78 is 0. The van der Waals surface area contributed by atoms with E-state index in [0.29, 0.717) is 11.4 Å². The number of nitrogens with zero attached hydrogens (tertiary/aromatic N) is 1. The molecule has 20 heavy (non-hydrogen) atoms. The van der Waals surface area contributed by atoms with E-state index in [1.807, 2.05) is 12.1 Å². The molecule has 2 aromatic rings. The van der Waals surface area contributed by atoms with E-state index in [0.717, 1.165) is 10.5 Å². The Hall–Kier alpha value is -2.21. The number of phenolic OH excluding ortho intramolecular Hbond substituents is 1. The van der Waals surface area contributed by atoms with E-state index < -0.39 is 4.92 Å². The minimum Gasteiger partial charge on any atom is -0.507 e. The largest absolute Gasteiger partial charge is 0.507 e. The predicted octanol–water partition coefficient (Wildman–Crippen LogP) is 3.63. The molecule has 0 bridgehead atoms. The number of nitrogens with one attached hydrogen (secondary N) is 1. The quantitative estimate of drug-likeness (QED) is 0.499. The average molecular weight is 290 g/mol. The van der Waals surface area contributed by atoms with Crippen molar-refractivity contribution in [1.29, 1.82) is 0 Å². The van der Waals surface area contributed by atoms with Crippen molar-refractivity contribution in [2.75, 3.05) is 12.4 Å². The maximum Gasteiger partial charge on any atom is 0.292 e. The third kappa shape index (κ3) is 3.21. The molecule has 5 nitrogen and oxygen atoms in total. The molecule has 6 heteroatoms. The van der Waals surface area contributed by atoms with Gasteiger partial charge in [-0.15, -0.1) is 11.8 Å². The fraction of sp³-hybridized carbons (Fsp3) is 0.143. The number of thioether (sulfide) groups is 1. The Morgan fingerprint density at radius 3 is 2.70 bits per heavy atom. The summed E-state index contributed by atoms with van der Waals surface area (Å²) in [5.74, 6) is 0.873. The molecule has 2 N–H and O–H groups in total. The maximum atomic E-state index is 10.8. The van der Waals surface area contributed by atoms with Crippen molar-refractivity contribution in [1.82, 2.24) is 0 Å². The Labute approximate surface area is 120 Å². The van der Waals surface area contributed by atoms with Gasteiger partial charge >= 0.3 is 0 Å². The fourth-order valence-electron chi connectivity index (χ4n) is 1.77. The Bertz CT molecular complexity index is 632. The third-order valence-corrected chi connectivity index (χ3v) is 3.92. The molecule has 0 atom stereocenters. The van der Waals surface area contributed by atoms with Crippen LogP contribution in [0.25, 0.3) is 0 Å². The van der Waals surface area contributed by atoms with Crippen molar-refractivity contribution in [3.8, 4) is 5.75 Å². The Balaban J connectivity index is 2.15. The molecule has 0 saturated carbocycles. The molecule has 0 saturated heterocycles. The molecule has 104 valence electrons. The second-order valence-electron chi connectivity index (χ2n) is 4.12. The second-order valence-corrected chi connectivity index (χ2v) is 5.13. The molecule has 0 unspecified atom stereocenters. The van der Waals surface area contributed by atoms with Crippen LogP contribution in [0.15, 0.2) is 47.4 Å². The van der Waals surface area contributed by atoms with Crippen LogP contribution < -0.4 is 5.32 Å². The summed E-state index contributed by atoms with van der Waals surface area (Å²) in [6, 6.07) is 12.1. The Morgan fingerprint density at radius 1 is 1.30 bits per heavy atom. The Morgan fingerprint density at radius 2 is 2.05 bits per heavy atom. The molecule has 2 rings (SSSR count). The minimum absolute atomic E-state index is 0.0591. The van der Waals surface area contributed by atoms with E-state index in [9.17, 15) is 15.2 Å². The lowest BCUT2D eigenvalue weighted by Crippen LogP contribution is -1.97. The van der Waals surface area contributed by atoms with Crippen LogP contribution in [0.5, 0.6) is 5.75 Å². The summed E-state index contributed by atoms with van der Waals surface area (Å²) in [6.07, 6.45) is 0. The van der Waals surface area contributed by atoms with Crippen LogP contribution in [0.4, 0.5) is 11.4 Å². The maximum absolute atomic E-state index is 10.8. The number of nitro groups is 1. The monoisotopic (exact) mass is 290 g/mol. The van der Waals surface area contributed by atoms with Gasteiger partial charge in [0.25, 0.3) is 5.69 Å². The first kappa shape index (κ1) is 14.2. The van der Waals surface area contributed by atoms with Crippen LogP contribution in [0.2, 0.25) is 0 Å². The molecule has 0 aliphatic rings. The van der Waals surface area contributed by atoms with Gasteiger partial charge in [-0.1, -0.05) is 18.2 Å². The van der Waals surface area contributed by atoms with Gasteiger partial charge in [0.05, 0.1) is 4.92 Å². The summed E-state index contributed by atoms with van der Waals surface area (Å²) in [6.45, 7) is 0. The SMILES string of the molecule is CNc1cc(CSc2ccccc2O)ccc1[N+](=O)[O-]. The van der Waals surface area contributed by atoms with Crippen LogP contribution in [-0.2, 0) is 5.75 Å². The summed E-state index contributed by atoms with van der Waals surface area (Å²) in [4.78, 5) is 11.2. The molecular formula is C14H14N2O3S. The fourth-order valence-corrected chi connectivity index (χ4v) is 2.67. The van der Waals surface area contributed by atoms with Gasteiger partial charge in [0, 0.05) is 23.8 Å². The van der Waals surface area contributed by atoms with Crippen LogP contribution in [0.3, 0.4) is 0 Å². The van der Waals surface area contributed by atoms with Gasteiger partial charge in [0.15, 0.2) is 0 Å². The molecule has 0 spiro atoms. The van der Waals surface area contributed by atoms with E-state index in [1.54, 1.807) is 31.3 Å². The number of hydrogen-bond acceptors (Lipinski definition) is 5. The van der Waals surface area contributed by atoms with Gasteiger partial charge in [-0.25, -0.2) is 0 Å². The molecular weight excluding hydrogens is 276 g/mol. The number of aromatic hydroxyl groups is 1. The zero-order valence-electron chi connectivity index (χ0n) is 10.9. The molecule has 0 aliphatic carbocycles. The van der Waals surface area contributed by atoms with E-state index in [1.165, 1.54) is 17.8 Å². The van der Waals surface area contributed by atoms with E-state index in [-0.39, 0.29) is 11.4 Å². The lowest BCUT2D eigenvalue weighted by Gasteiger charge is -2.07. The molecule has 0 fully saturated rings. The number of benzene rings is 2. The van der Waals surface area contributed by atoms with Crippen LogP contribution in [-0.4, -0.2) is 17.1 Å². The summed E-state index contributed by atoms with van der Waals surface area (Å²) in [5.41, 5.74) is 1.50. The van der Waals surface area contributed by atoms with E-state index >= 15 is 0 Å². The first-order valence-electron chi connectivity index (χ1n) is 5.97. The lowest BCUT2D eigenvalue weighted by molar-refractivity contribution is -0.383. The number of hydrogen-bond donors (Lipinski definition) is 2. The number of nitro benzene ring substituents is 1. The number of para-hydroxylation sites is 1. The van der Waals surface area contributed by atoms with Gasteiger partial charge in [-0.2, -0.15) is 0 Å². The van der Waals surface area contributed by atoms with Gasteiger partial charge in [-0.3, -0.25) is 10.1 Å². The molecule has 0 radical (unpaired) electrons. The summed E-state index contributed by atoms with van der Waals surface area (Å²) in [7, 11) is 1.66. The predicted molar refractivity (Wildman–Crippen MR) is 80.3 cm³/mol. The highest BCUT2D eigenvalue weighted by atomic mass is 32.2. The van der Waals surface area contributed by atoms with Crippen molar-refractivity contribution in [3.63, 3.8) is 0 Å². The zero-order chi connectivity index (χ0) is 14.5. The topological polar surface area (TPSA) is 75.4 Å². The van der Waals surface area contributed by atoms with Gasteiger partial charge in [-0.05, 0) is 23.8 Å². The van der Waals surface area contributed by atoms with Gasteiger partial charge in [0.2, 0.25) is 0 Å². The van der Waals surface area contributed by atoms with E-state index in [4.69, 9.17) is 0 Å². The average Bonchev–Trinajstić information content (AvgIpc) is 2.46. The molecule has 0 heterocycles. The van der Waals surface area contributed by atoms with Crippen molar-refractivity contribution in [2.45, 2.75) is 10.6 Å². The number of phenols is 1. The van der Waals surface area contributed by atoms with Gasteiger partial charge in [0.1, 0.15) is 11.4 Å². The number of rotatable bonds is 5. The number of anilines is 1. The van der Waals surface area contributed by atoms with E-state index in [2.05, 4.69) is 5.32 Å². The Kier molecular flexibility index (Phi) is 4.47. The van der Waals surface area contributed by atoms with Crippen molar-refractivity contribution < 1.29 is 10.0 Å². The molecule has 0 amide bonds. The molecule has 0 aliphatic heterocycles. The smallest absolute Gasteiger partial charge is 0.292 e. The lowest BCUT2D eigenvalue weighted by atomic mass is 10.2. The highest BCUT2D eigenvalue weighted by Crippen LogP contribution is 2.32. The minimum atomic E-state index is -0.411. The van der Waals surface area contributed by atoms with Crippen molar-refractivity contribution in [3.05, 3.63) is 58.1 Å². The molecule has 2 aromatic carbocycles. The zero-order valence-corrected chi connectivity index (χ0v) is 11.7. The van der Waals surface area contributed by atoms with Crippen LogP contribution in [0.1, 0.15) is 5.56 Å². The highest BCUT2D eigenvalue weighted by Gasteiger charge is 2.13. The second kappa shape index (κ2) is 6.29. The molecule has 0 aromatic heterocycles. The van der Waals surface area contributed by atoms with Crippen molar-refractivity contribution >= 4 is 23.1 Å². The van der Waals surface area contributed by atoms with Crippen molar-refractivity contribution in [2.24, 2.45) is 0 Å². The normalized spacial score (nSPS) is 10.2. The highest BCUT2D eigenvalue weighted by molar-refractivity contribution is 7.98. The summed E-state index contributed by atoms with van der Waals surface area (Å²) >= 11 is 1.49. The van der Waals surface area contributed by atoms with Gasteiger partial charge < -0.3 is 10.4 Å². The first-order chi connectivity index (χ1) is 9.61. The van der Waals surface area contributed by atoms with Crippen LogP contribution >= 0.6 is 11.8 Å². The third-order valence-electron chi connectivity index (χ3n) is 2.79. The standard InChI is InChI=1S/C14H14N2O3S/c1-15-11-8-10(6-7-12(11)16(18)19)9-20-14-5-3-2-4-13(14)17/h2-8,15,17H,9H2,1H3. The first-order valence-corrected chi connectivity index (χ1v) is 6.96. The summed E-state index contributed by atoms with van der Waals surface area (Å²) in [5, 5.41) is 23.4. The van der Waals surface area contributed by atoms with Crippen LogP contribution in [0, 0.1) is 10.1 Å².